The molecule has 0 fully saturated rings. The number of halogens is 1. The summed E-state index contributed by atoms with van der Waals surface area (Å²) in [6, 6.07) is 18.1. The maximum Gasteiger partial charge on any atom is 0.201 e. The maximum atomic E-state index is 14.5. The average Bonchev–Trinajstić information content (AvgIpc) is 3.52. The molecule has 186 valence electrons. The number of allylic oxidation sites excluding steroid dienone is 1. The molecular weight excluding hydrogens is 491 g/mol. The first-order valence-corrected chi connectivity index (χ1v) is 12.6. The number of nitrogens with zero attached hydrogens (tertiary/aromatic N) is 3. The Balaban J connectivity index is 1.58. The van der Waals surface area contributed by atoms with Crippen LogP contribution in [0.1, 0.15) is 23.6 Å². The lowest BCUT2D eigenvalue weighted by Crippen LogP contribution is -2.10. The van der Waals surface area contributed by atoms with Crippen LogP contribution >= 0.6 is 0 Å². The van der Waals surface area contributed by atoms with Crippen LogP contribution in [-0.4, -0.2) is 35.3 Å². The van der Waals surface area contributed by atoms with Crippen molar-refractivity contribution in [2.75, 3.05) is 0 Å². The molecule has 2 aromatic carbocycles. The quantitative estimate of drug-likeness (QED) is 0.169. The predicted molar refractivity (Wildman–Crippen MR) is 145 cm³/mol. The number of benzene rings is 2. The van der Waals surface area contributed by atoms with E-state index in [0.717, 1.165) is 22.2 Å². The minimum Gasteiger partial charge on any atom is -0.338 e. The van der Waals surface area contributed by atoms with E-state index in [1.54, 1.807) is 12.3 Å². The Kier molecular flexibility index (Phi) is 6.76. The van der Waals surface area contributed by atoms with Gasteiger partial charge in [-0.25, -0.2) is 22.5 Å². The Labute approximate surface area is 214 Å². The molecule has 3 N–H and O–H groups in total. The van der Waals surface area contributed by atoms with Gasteiger partial charge in [0.2, 0.25) is 10.9 Å². The van der Waals surface area contributed by atoms with Crippen LogP contribution in [0.3, 0.4) is 0 Å². The van der Waals surface area contributed by atoms with E-state index >= 15 is 0 Å². The highest BCUT2D eigenvalue weighted by Crippen LogP contribution is 2.37. The minimum atomic E-state index is -2.79. The lowest BCUT2D eigenvalue weighted by Gasteiger charge is -2.10. The summed E-state index contributed by atoms with van der Waals surface area (Å²) in [6.45, 7) is 5.53. The molecule has 0 saturated heterocycles. The molecule has 0 amide bonds. The molecule has 0 aliphatic heterocycles. The van der Waals surface area contributed by atoms with Crippen LogP contribution in [-0.2, 0) is 17.4 Å². The van der Waals surface area contributed by atoms with Crippen molar-refractivity contribution in [3.63, 3.8) is 0 Å². The van der Waals surface area contributed by atoms with Crippen LogP contribution in [0.25, 0.3) is 39.1 Å². The summed E-state index contributed by atoms with van der Waals surface area (Å²) in [5.74, 6) is 0.0331. The summed E-state index contributed by atoms with van der Waals surface area (Å²) in [5, 5.41) is 8.50. The topological polar surface area (TPSA) is 116 Å². The largest absolute Gasteiger partial charge is 0.338 e. The summed E-state index contributed by atoms with van der Waals surface area (Å²) < 4.78 is 38.6. The molecule has 0 radical (unpaired) electrons. The number of thiol groups is 1. The maximum absolute atomic E-state index is 14.5. The summed E-state index contributed by atoms with van der Waals surface area (Å²) in [5.41, 5.74) is 6.59. The van der Waals surface area contributed by atoms with Gasteiger partial charge in [0.05, 0.1) is 16.9 Å². The third-order valence-corrected chi connectivity index (χ3v) is 6.41. The number of fused-ring (bicyclic) bond motifs is 1. The van der Waals surface area contributed by atoms with Gasteiger partial charge < -0.3 is 4.98 Å². The number of rotatable bonds is 8. The first-order chi connectivity index (χ1) is 18.0. The predicted octanol–water partition coefficient (Wildman–Crippen LogP) is 5.16. The molecule has 5 aromatic rings. The van der Waals surface area contributed by atoms with Crippen LogP contribution in [0.2, 0.25) is 0 Å². The SMILES string of the molecule is C=Nc1[nH]c(-c2n[nH]c3ccc(-c4ccccn4)cc23)cc1/C(=C\C)c1cc(F)cc(CN[SH](=O)=O)c1. The van der Waals surface area contributed by atoms with Crippen molar-refractivity contribution in [1.29, 1.82) is 0 Å². The first-order valence-electron chi connectivity index (χ1n) is 11.4. The van der Waals surface area contributed by atoms with Gasteiger partial charge in [-0.15, -0.1) is 0 Å². The second kappa shape index (κ2) is 10.3. The molecule has 0 spiro atoms. The Morgan fingerprint density at radius 3 is 2.76 bits per heavy atom. The second-order valence-electron chi connectivity index (χ2n) is 8.29. The van der Waals surface area contributed by atoms with Crippen LogP contribution in [0.15, 0.2) is 77.9 Å². The number of hydrogen-bond acceptors (Lipinski definition) is 5. The second-order valence-corrected chi connectivity index (χ2v) is 9.12. The third-order valence-electron chi connectivity index (χ3n) is 5.99. The number of H-pyrrole nitrogens is 2. The van der Waals surface area contributed by atoms with E-state index in [2.05, 4.69) is 36.6 Å². The van der Waals surface area contributed by atoms with Crippen LogP contribution in [0, 0.1) is 5.82 Å². The molecular formula is C27H23FN6O2S. The summed E-state index contributed by atoms with van der Waals surface area (Å²) in [6.07, 6.45) is 3.60. The van der Waals surface area contributed by atoms with Crippen molar-refractivity contribution in [2.24, 2.45) is 4.99 Å². The van der Waals surface area contributed by atoms with Crippen molar-refractivity contribution in [2.45, 2.75) is 13.5 Å². The number of aromatic nitrogens is 4. The highest BCUT2D eigenvalue weighted by atomic mass is 32.2. The molecule has 37 heavy (non-hydrogen) atoms. The van der Waals surface area contributed by atoms with Crippen LogP contribution in [0.4, 0.5) is 10.2 Å². The zero-order valence-corrected chi connectivity index (χ0v) is 20.7. The Hall–Kier alpha value is -4.41. The number of nitrogens with one attached hydrogen (secondary N) is 3. The fraction of sp³-hybridized carbons (Fsp3) is 0.0741. The lowest BCUT2D eigenvalue weighted by atomic mass is 9.96. The van der Waals surface area contributed by atoms with Gasteiger partial charge in [0.15, 0.2) is 0 Å². The number of hydrogen-bond donors (Lipinski definition) is 4. The summed E-state index contributed by atoms with van der Waals surface area (Å²) >= 11 is 0. The molecule has 0 aliphatic carbocycles. The van der Waals surface area contributed by atoms with Gasteiger partial charge in [0, 0.05) is 29.3 Å². The number of aliphatic imine (C=N–C) groups is 1. The zero-order chi connectivity index (χ0) is 25.9. The van der Waals surface area contributed by atoms with E-state index < -0.39 is 16.7 Å². The third kappa shape index (κ3) is 4.97. The van der Waals surface area contributed by atoms with Gasteiger partial charge in [0.25, 0.3) is 0 Å². The van der Waals surface area contributed by atoms with E-state index in [9.17, 15) is 12.8 Å². The molecule has 0 atom stereocenters. The van der Waals surface area contributed by atoms with E-state index in [1.165, 1.54) is 12.1 Å². The fourth-order valence-electron chi connectivity index (χ4n) is 4.35. The molecule has 0 unspecified atom stereocenters. The summed E-state index contributed by atoms with van der Waals surface area (Å²) in [4.78, 5) is 11.9. The van der Waals surface area contributed by atoms with Gasteiger partial charge in [-0.3, -0.25) is 10.1 Å². The van der Waals surface area contributed by atoms with Gasteiger partial charge >= 0.3 is 0 Å². The molecule has 0 bridgehead atoms. The molecule has 0 saturated carbocycles. The van der Waals surface area contributed by atoms with E-state index in [0.29, 0.717) is 39.5 Å². The molecule has 10 heteroatoms. The highest BCUT2D eigenvalue weighted by molar-refractivity contribution is 7.70. The lowest BCUT2D eigenvalue weighted by molar-refractivity contribution is 0.599. The molecule has 0 aliphatic rings. The highest BCUT2D eigenvalue weighted by Gasteiger charge is 2.18. The van der Waals surface area contributed by atoms with Gasteiger partial charge in [-0.2, -0.15) is 5.10 Å². The Morgan fingerprint density at radius 2 is 2.03 bits per heavy atom. The first kappa shape index (κ1) is 24.3. The molecule has 5 rings (SSSR count). The standard InChI is InChI=1S/C27H23FN6O2S/c1-3-20(18-10-16(11-19(28)12-18)15-31-37(35)36)21-14-25(32-27(21)29-2)26-22-13-17(7-8-24(22)33-34-26)23-6-4-5-9-30-23/h3-14,32,37H,2,15H2,1H3,(H,33,34)(H,31,35,36)/b20-3-. The summed E-state index contributed by atoms with van der Waals surface area (Å²) in [7, 11) is -2.79. The normalized spacial score (nSPS) is 11.9. The van der Waals surface area contributed by atoms with Crippen molar-refractivity contribution in [3.8, 4) is 22.6 Å². The number of pyridine rings is 1. The van der Waals surface area contributed by atoms with Crippen molar-refractivity contribution >= 4 is 39.9 Å². The molecule has 3 heterocycles. The van der Waals surface area contributed by atoms with Crippen molar-refractivity contribution in [1.82, 2.24) is 24.9 Å². The van der Waals surface area contributed by atoms with Crippen LogP contribution in [0.5, 0.6) is 0 Å². The van der Waals surface area contributed by atoms with E-state index in [1.807, 2.05) is 55.5 Å². The Morgan fingerprint density at radius 1 is 1.16 bits per heavy atom. The minimum absolute atomic E-state index is 0.0106. The monoisotopic (exact) mass is 514 g/mol. The number of aromatic amines is 2. The van der Waals surface area contributed by atoms with Crippen molar-refractivity contribution in [3.05, 3.63) is 95.4 Å². The average molecular weight is 515 g/mol. The molecule has 3 aromatic heterocycles. The van der Waals surface area contributed by atoms with Gasteiger partial charge in [-0.1, -0.05) is 18.2 Å². The van der Waals surface area contributed by atoms with Gasteiger partial charge in [-0.05, 0) is 78.9 Å². The fourth-order valence-corrected chi connectivity index (χ4v) is 4.67. The van der Waals surface area contributed by atoms with E-state index in [4.69, 9.17) is 0 Å². The smallest absolute Gasteiger partial charge is 0.201 e. The Bertz CT molecular complexity index is 1710. The van der Waals surface area contributed by atoms with Gasteiger partial charge in [0.1, 0.15) is 17.3 Å². The van der Waals surface area contributed by atoms with Crippen LogP contribution < -0.4 is 4.72 Å². The van der Waals surface area contributed by atoms with Crippen molar-refractivity contribution < 1.29 is 12.8 Å². The zero-order valence-electron chi connectivity index (χ0n) is 19.8. The molecule has 8 nitrogen and oxygen atoms in total. The van der Waals surface area contributed by atoms with E-state index in [-0.39, 0.29) is 6.54 Å².